The van der Waals surface area contributed by atoms with Gasteiger partial charge >= 0.3 is 0 Å². The van der Waals surface area contributed by atoms with E-state index in [0.717, 1.165) is 9.35 Å². The molecule has 3 aromatic heterocycles. The van der Waals surface area contributed by atoms with Crippen molar-refractivity contribution in [3.8, 4) is 28.2 Å². The quantitative estimate of drug-likeness (QED) is 0.784. The molecule has 88 valence electrons. The zero-order valence-electron chi connectivity index (χ0n) is 8.85. The van der Waals surface area contributed by atoms with Crippen molar-refractivity contribution in [2.45, 2.75) is 0 Å². The predicted octanol–water partition coefficient (Wildman–Crippen LogP) is 3.43. The topological polar surface area (TPSA) is 78.5 Å². The smallest absolute Gasteiger partial charge is 0.259 e. The molecule has 1 N–H and O–H groups in total. The number of nitriles is 1. The van der Waals surface area contributed by atoms with Crippen LogP contribution in [0.25, 0.3) is 22.2 Å². The summed E-state index contributed by atoms with van der Waals surface area (Å²) in [5.74, 6) is 0.938. The van der Waals surface area contributed by atoms with Crippen LogP contribution in [-0.2, 0) is 0 Å². The van der Waals surface area contributed by atoms with E-state index in [1.165, 1.54) is 11.3 Å². The standard InChI is InChI=1S/C11H5BrN4OS/c12-7-2-9(18-5-7)10-15-11(17-16-10)6-1-8(3-13)14-4-6/h1-2,4-5,14H. The molecule has 5 nitrogen and oxygen atoms in total. The molecular weight excluding hydrogens is 316 g/mol. The molecule has 0 saturated heterocycles. The zero-order valence-corrected chi connectivity index (χ0v) is 11.2. The minimum atomic E-state index is 0.396. The Labute approximate surface area is 114 Å². The average Bonchev–Trinajstić information content (AvgIpc) is 3.07. The summed E-state index contributed by atoms with van der Waals surface area (Å²) in [7, 11) is 0. The lowest BCUT2D eigenvalue weighted by Crippen LogP contribution is -1.75. The fourth-order valence-electron chi connectivity index (χ4n) is 1.45. The van der Waals surface area contributed by atoms with Gasteiger partial charge < -0.3 is 9.51 Å². The van der Waals surface area contributed by atoms with Crippen LogP contribution in [0.5, 0.6) is 0 Å². The normalized spacial score (nSPS) is 10.4. The van der Waals surface area contributed by atoms with Crippen molar-refractivity contribution in [2.24, 2.45) is 0 Å². The molecule has 0 fully saturated rings. The number of nitrogens with one attached hydrogen (secondary N) is 1. The zero-order chi connectivity index (χ0) is 12.5. The van der Waals surface area contributed by atoms with Gasteiger partial charge in [-0.2, -0.15) is 10.2 Å². The summed E-state index contributed by atoms with van der Waals surface area (Å²) in [4.78, 5) is 8.03. The van der Waals surface area contributed by atoms with Crippen LogP contribution in [-0.4, -0.2) is 15.1 Å². The lowest BCUT2D eigenvalue weighted by atomic mass is 10.3. The van der Waals surface area contributed by atoms with E-state index in [1.807, 2.05) is 17.5 Å². The summed E-state index contributed by atoms with van der Waals surface area (Å²) in [5.41, 5.74) is 1.17. The molecular formula is C11H5BrN4OS. The number of H-pyrrole nitrogens is 1. The number of thiophene rings is 1. The number of halogens is 1. The lowest BCUT2D eigenvalue weighted by molar-refractivity contribution is 0.432. The van der Waals surface area contributed by atoms with Crippen molar-refractivity contribution < 1.29 is 4.52 Å². The van der Waals surface area contributed by atoms with Crippen LogP contribution in [0.15, 0.2) is 32.7 Å². The third-order valence-corrected chi connectivity index (χ3v) is 3.95. The molecule has 0 unspecified atom stereocenters. The summed E-state index contributed by atoms with van der Waals surface area (Å²) in [6, 6.07) is 5.61. The molecule has 3 rings (SSSR count). The number of aromatic amines is 1. The van der Waals surface area contributed by atoms with Gasteiger partial charge in [-0.25, -0.2) is 0 Å². The van der Waals surface area contributed by atoms with E-state index < -0.39 is 0 Å². The van der Waals surface area contributed by atoms with Crippen LogP contribution in [0.2, 0.25) is 0 Å². The van der Waals surface area contributed by atoms with Crippen LogP contribution >= 0.6 is 27.3 Å². The molecule has 0 aliphatic carbocycles. The van der Waals surface area contributed by atoms with Gasteiger partial charge in [0.15, 0.2) is 0 Å². The number of hydrogen-bond donors (Lipinski definition) is 1. The highest BCUT2D eigenvalue weighted by Gasteiger charge is 2.13. The van der Waals surface area contributed by atoms with Crippen molar-refractivity contribution in [3.63, 3.8) is 0 Å². The van der Waals surface area contributed by atoms with Gasteiger partial charge in [0, 0.05) is 16.0 Å². The summed E-state index contributed by atoms with van der Waals surface area (Å²) in [6.07, 6.45) is 1.67. The number of rotatable bonds is 2. The Morgan fingerprint density at radius 2 is 2.33 bits per heavy atom. The second-order valence-corrected chi connectivity index (χ2v) is 5.29. The summed E-state index contributed by atoms with van der Waals surface area (Å²) < 4.78 is 6.16. The maximum atomic E-state index is 8.73. The minimum absolute atomic E-state index is 0.396. The van der Waals surface area contributed by atoms with Gasteiger partial charge in [-0.3, -0.25) is 0 Å². The highest BCUT2D eigenvalue weighted by molar-refractivity contribution is 9.10. The van der Waals surface area contributed by atoms with Crippen LogP contribution in [0.4, 0.5) is 0 Å². The van der Waals surface area contributed by atoms with Gasteiger partial charge in [0.05, 0.1) is 10.4 Å². The highest BCUT2D eigenvalue weighted by Crippen LogP contribution is 2.29. The van der Waals surface area contributed by atoms with E-state index in [9.17, 15) is 0 Å². The monoisotopic (exact) mass is 320 g/mol. The first-order valence-corrected chi connectivity index (χ1v) is 6.60. The first kappa shape index (κ1) is 11.2. The first-order chi connectivity index (χ1) is 8.76. The molecule has 3 heterocycles. The molecule has 0 atom stereocenters. The first-order valence-electron chi connectivity index (χ1n) is 4.93. The van der Waals surface area contributed by atoms with Crippen molar-refractivity contribution in [1.29, 1.82) is 5.26 Å². The average molecular weight is 321 g/mol. The fourth-order valence-corrected chi connectivity index (χ4v) is 2.81. The predicted molar refractivity (Wildman–Crippen MR) is 69.8 cm³/mol. The largest absolute Gasteiger partial charge is 0.352 e. The summed E-state index contributed by atoms with van der Waals surface area (Å²) >= 11 is 4.91. The van der Waals surface area contributed by atoms with E-state index in [-0.39, 0.29) is 0 Å². The molecule has 0 amide bonds. The van der Waals surface area contributed by atoms with Crippen molar-refractivity contribution in [1.82, 2.24) is 15.1 Å². The SMILES string of the molecule is N#Cc1cc(-c2nc(-c3cc(Br)cs3)no2)c[nH]1. The molecule has 7 heteroatoms. The van der Waals surface area contributed by atoms with Crippen molar-refractivity contribution in [2.75, 3.05) is 0 Å². The lowest BCUT2D eigenvalue weighted by Gasteiger charge is -1.83. The Morgan fingerprint density at radius 3 is 3.00 bits per heavy atom. The molecule has 3 aromatic rings. The third kappa shape index (κ3) is 1.96. The number of aromatic nitrogens is 3. The molecule has 0 aliphatic rings. The van der Waals surface area contributed by atoms with Gasteiger partial charge in [0.25, 0.3) is 5.89 Å². The molecule has 0 aromatic carbocycles. The van der Waals surface area contributed by atoms with Crippen LogP contribution in [0, 0.1) is 11.3 Å². The van der Waals surface area contributed by atoms with E-state index in [0.29, 0.717) is 23.0 Å². The maximum Gasteiger partial charge on any atom is 0.259 e. The molecule has 18 heavy (non-hydrogen) atoms. The highest BCUT2D eigenvalue weighted by atomic mass is 79.9. The van der Waals surface area contributed by atoms with Crippen LogP contribution < -0.4 is 0 Å². The second-order valence-electron chi connectivity index (χ2n) is 3.47. The third-order valence-electron chi connectivity index (χ3n) is 2.26. The number of hydrogen-bond acceptors (Lipinski definition) is 5. The van der Waals surface area contributed by atoms with Crippen LogP contribution in [0.1, 0.15) is 5.69 Å². The van der Waals surface area contributed by atoms with E-state index in [4.69, 9.17) is 9.78 Å². The Morgan fingerprint density at radius 1 is 1.44 bits per heavy atom. The summed E-state index contributed by atoms with van der Waals surface area (Å²) in [5, 5.41) is 14.6. The van der Waals surface area contributed by atoms with Crippen molar-refractivity contribution >= 4 is 27.3 Å². The molecule has 0 spiro atoms. The fraction of sp³-hybridized carbons (Fsp3) is 0. The van der Waals surface area contributed by atoms with Gasteiger partial charge in [-0.15, -0.1) is 11.3 Å². The van der Waals surface area contributed by atoms with E-state index in [1.54, 1.807) is 12.3 Å². The Kier molecular flexibility index (Phi) is 2.74. The Bertz CT molecular complexity index is 736. The molecule has 0 radical (unpaired) electrons. The molecule has 0 aliphatic heterocycles. The molecule has 0 bridgehead atoms. The van der Waals surface area contributed by atoms with Gasteiger partial charge in [-0.05, 0) is 28.1 Å². The van der Waals surface area contributed by atoms with Gasteiger partial charge in [0.1, 0.15) is 11.8 Å². The van der Waals surface area contributed by atoms with Crippen molar-refractivity contribution in [3.05, 3.63) is 33.9 Å². The second kappa shape index (κ2) is 4.40. The Balaban J connectivity index is 1.96. The van der Waals surface area contributed by atoms with Gasteiger partial charge in [0.2, 0.25) is 5.82 Å². The molecule has 0 saturated carbocycles. The summed E-state index contributed by atoms with van der Waals surface area (Å²) in [6.45, 7) is 0. The minimum Gasteiger partial charge on any atom is -0.352 e. The van der Waals surface area contributed by atoms with Crippen LogP contribution in [0.3, 0.4) is 0 Å². The van der Waals surface area contributed by atoms with E-state index in [2.05, 4.69) is 31.1 Å². The maximum absolute atomic E-state index is 8.73. The van der Waals surface area contributed by atoms with E-state index >= 15 is 0 Å². The van der Waals surface area contributed by atoms with Gasteiger partial charge in [-0.1, -0.05) is 5.16 Å². The number of nitrogens with zero attached hydrogens (tertiary/aromatic N) is 3. The Hall–Kier alpha value is -1.91.